The summed E-state index contributed by atoms with van der Waals surface area (Å²) in [5.41, 5.74) is 1.54. The molecule has 4 rings (SSSR count). The predicted octanol–water partition coefficient (Wildman–Crippen LogP) is 3.37. The molecule has 0 aliphatic carbocycles. The number of para-hydroxylation sites is 1. The molecule has 0 bridgehead atoms. The molecule has 0 saturated carbocycles. The van der Waals surface area contributed by atoms with Crippen molar-refractivity contribution in [2.24, 2.45) is 5.92 Å². The quantitative estimate of drug-likeness (QED) is 0.651. The molecule has 2 aromatic carbocycles. The molecule has 2 heterocycles. The normalized spacial score (nSPS) is 18.5. The largest absolute Gasteiger partial charge is 0.493 e. The lowest BCUT2D eigenvalue weighted by atomic mass is 9.96. The minimum absolute atomic E-state index is 0.0260. The number of benzene rings is 2. The zero-order valence-corrected chi connectivity index (χ0v) is 17.2. The van der Waals surface area contributed by atoms with Crippen molar-refractivity contribution in [1.82, 2.24) is 20.1 Å². The SMILES string of the molecule is CCOc1ccccc1C(=O)N1C[C@@H](COC)[C@H](c2nc(-c3ccccc3)n[nH]2)C1. The molecule has 0 spiro atoms. The monoisotopic (exact) mass is 406 g/mol. The molecule has 3 aromatic rings. The van der Waals surface area contributed by atoms with Crippen molar-refractivity contribution >= 4 is 5.91 Å². The highest BCUT2D eigenvalue weighted by molar-refractivity contribution is 5.97. The number of rotatable bonds is 7. The van der Waals surface area contributed by atoms with Gasteiger partial charge in [-0.25, -0.2) is 4.98 Å². The molecule has 156 valence electrons. The molecular weight excluding hydrogens is 380 g/mol. The van der Waals surface area contributed by atoms with Gasteiger partial charge >= 0.3 is 0 Å². The first kappa shape index (κ1) is 20.1. The summed E-state index contributed by atoms with van der Waals surface area (Å²) in [5.74, 6) is 2.18. The number of H-pyrrole nitrogens is 1. The summed E-state index contributed by atoms with van der Waals surface area (Å²) in [5, 5.41) is 7.48. The lowest BCUT2D eigenvalue weighted by molar-refractivity contribution is 0.0771. The minimum atomic E-state index is -0.0366. The van der Waals surface area contributed by atoms with Crippen LogP contribution in [0.2, 0.25) is 0 Å². The molecule has 0 radical (unpaired) electrons. The topological polar surface area (TPSA) is 80.3 Å². The van der Waals surface area contributed by atoms with Crippen molar-refractivity contribution in [2.45, 2.75) is 12.8 Å². The molecule has 1 fully saturated rings. The number of amides is 1. The number of likely N-dealkylation sites (tertiary alicyclic amines) is 1. The first-order valence-electron chi connectivity index (χ1n) is 10.2. The lowest BCUT2D eigenvalue weighted by Crippen LogP contribution is -2.29. The molecule has 1 N–H and O–H groups in total. The van der Waals surface area contributed by atoms with Crippen LogP contribution in [0.1, 0.15) is 29.0 Å². The smallest absolute Gasteiger partial charge is 0.257 e. The number of methoxy groups -OCH3 is 1. The molecule has 0 unspecified atom stereocenters. The second-order valence-electron chi connectivity index (χ2n) is 7.37. The van der Waals surface area contributed by atoms with Crippen LogP contribution >= 0.6 is 0 Å². The highest BCUT2D eigenvalue weighted by Crippen LogP contribution is 2.33. The fourth-order valence-corrected chi connectivity index (χ4v) is 3.98. The number of nitrogens with one attached hydrogen (secondary N) is 1. The summed E-state index contributed by atoms with van der Waals surface area (Å²) in [7, 11) is 1.68. The van der Waals surface area contributed by atoms with Gasteiger partial charge in [0, 0.05) is 37.6 Å². The van der Waals surface area contributed by atoms with E-state index in [1.807, 2.05) is 66.4 Å². The maximum atomic E-state index is 13.3. The molecule has 1 aliphatic rings. The van der Waals surface area contributed by atoms with Crippen molar-refractivity contribution in [3.63, 3.8) is 0 Å². The Morgan fingerprint density at radius 3 is 2.67 bits per heavy atom. The summed E-state index contributed by atoms with van der Waals surface area (Å²) in [6.45, 7) is 4.12. The van der Waals surface area contributed by atoms with Crippen LogP contribution in [0.3, 0.4) is 0 Å². The Morgan fingerprint density at radius 2 is 1.90 bits per heavy atom. The first-order chi connectivity index (χ1) is 14.7. The molecule has 1 amide bonds. The van der Waals surface area contributed by atoms with Crippen LogP contribution in [0.4, 0.5) is 0 Å². The number of carbonyl (C=O) groups is 1. The fourth-order valence-electron chi connectivity index (χ4n) is 3.98. The zero-order chi connectivity index (χ0) is 20.9. The van der Waals surface area contributed by atoms with Crippen LogP contribution in [0.5, 0.6) is 5.75 Å². The molecular formula is C23H26N4O3. The average molecular weight is 406 g/mol. The van der Waals surface area contributed by atoms with Gasteiger partial charge in [0.05, 0.1) is 18.8 Å². The van der Waals surface area contributed by atoms with E-state index in [2.05, 4.69) is 10.2 Å². The van der Waals surface area contributed by atoms with Crippen LogP contribution in [0.25, 0.3) is 11.4 Å². The van der Waals surface area contributed by atoms with E-state index in [4.69, 9.17) is 14.5 Å². The molecule has 30 heavy (non-hydrogen) atoms. The number of carbonyl (C=O) groups excluding carboxylic acids is 1. The Morgan fingerprint density at radius 1 is 1.13 bits per heavy atom. The number of aromatic nitrogens is 3. The van der Waals surface area contributed by atoms with Crippen LogP contribution in [0.15, 0.2) is 54.6 Å². The van der Waals surface area contributed by atoms with Crippen LogP contribution in [-0.2, 0) is 4.74 Å². The summed E-state index contributed by atoms with van der Waals surface area (Å²) in [4.78, 5) is 19.8. The van der Waals surface area contributed by atoms with E-state index in [1.165, 1.54) is 0 Å². The number of nitrogens with zero attached hydrogens (tertiary/aromatic N) is 3. The zero-order valence-electron chi connectivity index (χ0n) is 17.2. The fraction of sp³-hybridized carbons (Fsp3) is 0.348. The van der Waals surface area contributed by atoms with Gasteiger partial charge in [-0.1, -0.05) is 42.5 Å². The maximum Gasteiger partial charge on any atom is 0.257 e. The van der Waals surface area contributed by atoms with Crippen molar-refractivity contribution in [1.29, 1.82) is 0 Å². The Hall–Kier alpha value is -3.19. The number of ether oxygens (including phenoxy) is 2. The van der Waals surface area contributed by atoms with Gasteiger partial charge in [0.2, 0.25) is 0 Å². The highest BCUT2D eigenvalue weighted by atomic mass is 16.5. The number of hydrogen-bond acceptors (Lipinski definition) is 5. The van der Waals surface area contributed by atoms with E-state index in [1.54, 1.807) is 7.11 Å². The lowest BCUT2D eigenvalue weighted by Gasteiger charge is -2.18. The number of aromatic amines is 1. The van der Waals surface area contributed by atoms with E-state index in [-0.39, 0.29) is 17.7 Å². The number of hydrogen-bond donors (Lipinski definition) is 1. The Balaban J connectivity index is 1.57. The van der Waals surface area contributed by atoms with Crippen LogP contribution < -0.4 is 4.74 Å². The van der Waals surface area contributed by atoms with Gasteiger partial charge in [-0.2, -0.15) is 5.10 Å². The van der Waals surface area contributed by atoms with Crippen LogP contribution in [-0.4, -0.2) is 59.4 Å². The van der Waals surface area contributed by atoms with E-state index in [0.717, 1.165) is 11.4 Å². The van der Waals surface area contributed by atoms with E-state index < -0.39 is 0 Å². The summed E-state index contributed by atoms with van der Waals surface area (Å²) >= 11 is 0. The van der Waals surface area contributed by atoms with Crippen molar-refractivity contribution in [2.75, 3.05) is 33.4 Å². The third-order valence-corrected chi connectivity index (χ3v) is 5.41. The van der Waals surface area contributed by atoms with Gasteiger partial charge in [0.15, 0.2) is 5.82 Å². The molecule has 7 heteroatoms. The van der Waals surface area contributed by atoms with Crippen molar-refractivity contribution in [3.05, 3.63) is 66.0 Å². The standard InChI is InChI=1S/C23H26N4O3/c1-3-30-20-12-8-7-11-18(20)23(28)27-13-17(15-29-2)19(14-27)22-24-21(25-26-22)16-9-5-4-6-10-16/h4-12,17,19H,3,13-15H2,1-2H3,(H,24,25,26)/t17-,19+/m0/s1. The molecule has 1 saturated heterocycles. The van der Waals surface area contributed by atoms with E-state index in [0.29, 0.717) is 43.4 Å². The van der Waals surface area contributed by atoms with Crippen LogP contribution in [0, 0.1) is 5.92 Å². The maximum absolute atomic E-state index is 13.3. The van der Waals surface area contributed by atoms with Gasteiger partial charge in [-0.15, -0.1) is 0 Å². The van der Waals surface area contributed by atoms with Gasteiger partial charge in [0.25, 0.3) is 5.91 Å². The molecule has 1 aliphatic heterocycles. The van der Waals surface area contributed by atoms with E-state index in [9.17, 15) is 4.79 Å². The Bertz CT molecular complexity index is 989. The summed E-state index contributed by atoms with van der Waals surface area (Å²) < 4.78 is 11.1. The van der Waals surface area contributed by atoms with Gasteiger partial charge in [-0.05, 0) is 19.1 Å². The summed E-state index contributed by atoms with van der Waals surface area (Å²) in [6.07, 6.45) is 0. The van der Waals surface area contributed by atoms with Gasteiger partial charge in [-0.3, -0.25) is 9.89 Å². The van der Waals surface area contributed by atoms with Gasteiger partial charge in [0.1, 0.15) is 11.6 Å². The molecule has 2 atom stereocenters. The van der Waals surface area contributed by atoms with Crippen molar-refractivity contribution in [3.8, 4) is 17.1 Å². The molecule has 1 aromatic heterocycles. The third kappa shape index (κ3) is 4.07. The van der Waals surface area contributed by atoms with Crippen molar-refractivity contribution < 1.29 is 14.3 Å². The van der Waals surface area contributed by atoms with Gasteiger partial charge < -0.3 is 14.4 Å². The first-order valence-corrected chi connectivity index (χ1v) is 10.2. The predicted molar refractivity (Wildman–Crippen MR) is 113 cm³/mol. The Kier molecular flexibility index (Phi) is 6.09. The molecule has 7 nitrogen and oxygen atoms in total. The second-order valence-corrected chi connectivity index (χ2v) is 7.37. The Labute approximate surface area is 176 Å². The average Bonchev–Trinajstić information content (AvgIpc) is 3.42. The van der Waals surface area contributed by atoms with E-state index >= 15 is 0 Å². The summed E-state index contributed by atoms with van der Waals surface area (Å²) in [6, 6.07) is 17.2. The highest BCUT2D eigenvalue weighted by Gasteiger charge is 2.39. The second kappa shape index (κ2) is 9.09. The minimum Gasteiger partial charge on any atom is -0.493 e. The third-order valence-electron chi connectivity index (χ3n) is 5.41.